The molecule has 1 aliphatic heterocycles. The highest BCUT2D eigenvalue weighted by atomic mass is 35.5. The van der Waals surface area contributed by atoms with E-state index >= 15 is 0 Å². The summed E-state index contributed by atoms with van der Waals surface area (Å²) in [6.45, 7) is 10.1. The van der Waals surface area contributed by atoms with Crippen molar-refractivity contribution >= 4 is 29.2 Å². The Balaban J connectivity index is 2.02. The van der Waals surface area contributed by atoms with E-state index in [2.05, 4.69) is 6.58 Å². The molecule has 0 spiro atoms. The van der Waals surface area contributed by atoms with E-state index in [1.807, 2.05) is 32.9 Å². The molecule has 1 aromatic carbocycles. The molecular formula is C25H31ClN2O5. The van der Waals surface area contributed by atoms with Crippen LogP contribution in [0.5, 0.6) is 0 Å². The zero-order valence-electron chi connectivity index (χ0n) is 19.2. The highest BCUT2D eigenvalue weighted by Crippen LogP contribution is 2.41. The van der Waals surface area contributed by atoms with E-state index in [-0.39, 0.29) is 37.1 Å². The molecule has 3 rings (SSSR count). The van der Waals surface area contributed by atoms with Crippen LogP contribution < -0.4 is 4.90 Å². The molecule has 3 atom stereocenters. The van der Waals surface area contributed by atoms with Gasteiger partial charge in [-0.05, 0) is 30.3 Å². The van der Waals surface area contributed by atoms with E-state index < -0.39 is 23.6 Å². The minimum atomic E-state index is -1.03. The minimum absolute atomic E-state index is 0.0942. The van der Waals surface area contributed by atoms with Crippen LogP contribution in [0.15, 0.2) is 49.2 Å². The number of carbonyl (C=O) groups is 2. The van der Waals surface area contributed by atoms with Gasteiger partial charge in [-0.1, -0.05) is 38.4 Å². The largest absolute Gasteiger partial charge is 0.477 e. The fourth-order valence-corrected chi connectivity index (χ4v) is 4.20. The fraction of sp³-hybridized carbons (Fsp3) is 0.440. The highest BCUT2D eigenvalue weighted by Gasteiger charge is 2.39. The van der Waals surface area contributed by atoms with Gasteiger partial charge in [-0.2, -0.15) is 0 Å². The smallest absolute Gasteiger partial charge is 0.352 e. The Bertz CT molecular complexity index is 1030. The molecule has 2 N–H and O–H groups in total. The standard InChI is InChI=1S/C25H31ClN2O5/c1-5-16(2)22-18-13-17(26)8-9-19(18)28(14-25(3,4)15-29)23(30)21(33-22)10-12-27-11-6-7-20(27)24(31)32/h5-9,11,13,16,21-22,29H,1,10,12,14-15H2,2-4H3,(H,31,32)/t16?,21-,22?/m1/s1. The number of carbonyl (C=O) groups excluding carboxylic acids is 1. The number of hydrogen-bond donors (Lipinski definition) is 2. The SMILES string of the molecule is C=CC(C)C1O[C@H](CCn2cccc2C(=O)O)C(=O)N(CC(C)(C)CO)c2ccc(Cl)cc21. The summed E-state index contributed by atoms with van der Waals surface area (Å²) in [7, 11) is 0. The van der Waals surface area contributed by atoms with Crippen LogP contribution in [0, 0.1) is 11.3 Å². The third-order valence-corrected chi connectivity index (χ3v) is 6.22. The first-order chi connectivity index (χ1) is 15.6. The third kappa shape index (κ3) is 5.49. The molecule has 2 unspecified atom stereocenters. The van der Waals surface area contributed by atoms with Crippen molar-refractivity contribution in [1.82, 2.24) is 4.57 Å². The number of ether oxygens (including phenoxy) is 1. The molecule has 8 heteroatoms. The number of aryl methyl sites for hydroxylation is 1. The van der Waals surface area contributed by atoms with Gasteiger partial charge in [0.1, 0.15) is 11.8 Å². The maximum absolute atomic E-state index is 13.8. The number of carboxylic acid groups (broad SMARTS) is 1. The van der Waals surface area contributed by atoms with Gasteiger partial charge >= 0.3 is 5.97 Å². The van der Waals surface area contributed by atoms with E-state index in [1.165, 1.54) is 6.07 Å². The second-order valence-corrected chi connectivity index (χ2v) is 9.71. The lowest BCUT2D eigenvalue weighted by atomic mass is 9.92. The van der Waals surface area contributed by atoms with Gasteiger partial charge in [0.2, 0.25) is 0 Å². The predicted molar refractivity (Wildman–Crippen MR) is 128 cm³/mol. The normalized spacial score (nSPS) is 19.7. The van der Waals surface area contributed by atoms with Gasteiger partial charge in [0.25, 0.3) is 5.91 Å². The molecule has 2 heterocycles. The van der Waals surface area contributed by atoms with Crippen molar-refractivity contribution in [2.75, 3.05) is 18.1 Å². The fourth-order valence-electron chi connectivity index (χ4n) is 4.02. The van der Waals surface area contributed by atoms with Crippen molar-refractivity contribution in [1.29, 1.82) is 0 Å². The maximum atomic E-state index is 13.8. The average Bonchev–Trinajstić information content (AvgIpc) is 3.22. The summed E-state index contributed by atoms with van der Waals surface area (Å²) in [6, 6.07) is 8.54. The zero-order valence-corrected chi connectivity index (χ0v) is 20.0. The molecule has 0 bridgehead atoms. The Kier molecular flexibility index (Phi) is 7.67. The lowest BCUT2D eigenvalue weighted by Gasteiger charge is -2.32. The van der Waals surface area contributed by atoms with Gasteiger partial charge in [-0.15, -0.1) is 6.58 Å². The Morgan fingerprint density at radius 3 is 2.73 bits per heavy atom. The third-order valence-electron chi connectivity index (χ3n) is 5.98. The van der Waals surface area contributed by atoms with Crippen molar-refractivity contribution in [3.63, 3.8) is 0 Å². The number of rotatable bonds is 9. The summed E-state index contributed by atoms with van der Waals surface area (Å²) in [4.78, 5) is 26.9. The number of amides is 1. The second-order valence-electron chi connectivity index (χ2n) is 9.27. The van der Waals surface area contributed by atoms with Crippen LogP contribution in [0.1, 0.15) is 49.3 Å². The molecule has 7 nitrogen and oxygen atoms in total. The van der Waals surface area contributed by atoms with Crippen LogP contribution >= 0.6 is 11.6 Å². The van der Waals surface area contributed by atoms with Gasteiger partial charge in [-0.3, -0.25) is 4.79 Å². The summed E-state index contributed by atoms with van der Waals surface area (Å²) >= 11 is 6.32. The Hall–Kier alpha value is -2.61. The number of nitrogens with zero attached hydrogens (tertiary/aromatic N) is 2. The molecular weight excluding hydrogens is 444 g/mol. The number of aliphatic hydroxyl groups is 1. The van der Waals surface area contributed by atoms with E-state index in [0.717, 1.165) is 5.56 Å². The van der Waals surface area contributed by atoms with Gasteiger partial charge < -0.3 is 24.4 Å². The van der Waals surface area contributed by atoms with Gasteiger partial charge in [-0.25, -0.2) is 4.79 Å². The first kappa shape index (κ1) is 25.0. The monoisotopic (exact) mass is 474 g/mol. The maximum Gasteiger partial charge on any atom is 0.352 e. The molecule has 0 saturated heterocycles. The number of carboxylic acids is 1. The summed E-state index contributed by atoms with van der Waals surface area (Å²) in [5, 5.41) is 19.8. The van der Waals surface area contributed by atoms with Crippen molar-refractivity contribution < 1.29 is 24.5 Å². The lowest BCUT2D eigenvalue weighted by molar-refractivity contribution is -0.135. The van der Waals surface area contributed by atoms with Crippen molar-refractivity contribution in [2.45, 2.75) is 45.9 Å². The highest BCUT2D eigenvalue weighted by molar-refractivity contribution is 6.30. The molecule has 0 saturated carbocycles. The number of anilines is 1. The minimum Gasteiger partial charge on any atom is -0.477 e. The van der Waals surface area contributed by atoms with Crippen LogP contribution in [0.25, 0.3) is 0 Å². The lowest BCUT2D eigenvalue weighted by Crippen LogP contribution is -2.45. The molecule has 0 aliphatic carbocycles. The molecule has 33 heavy (non-hydrogen) atoms. The Morgan fingerprint density at radius 1 is 1.36 bits per heavy atom. The number of aromatic carboxylic acids is 1. The molecule has 1 aromatic heterocycles. The van der Waals surface area contributed by atoms with E-state index in [9.17, 15) is 19.8 Å². The quantitative estimate of drug-likeness (QED) is 0.520. The van der Waals surface area contributed by atoms with Crippen molar-refractivity contribution in [3.8, 4) is 0 Å². The summed E-state index contributed by atoms with van der Waals surface area (Å²) in [5.41, 5.74) is 1.09. The number of fused-ring (bicyclic) bond motifs is 1. The second kappa shape index (κ2) is 10.1. The molecule has 1 aliphatic rings. The molecule has 178 valence electrons. The van der Waals surface area contributed by atoms with Crippen LogP contribution in [-0.4, -0.2) is 45.9 Å². The van der Waals surface area contributed by atoms with Crippen molar-refractivity contribution in [3.05, 3.63) is 65.5 Å². The number of aliphatic hydroxyl groups excluding tert-OH is 1. The first-order valence-corrected chi connectivity index (χ1v) is 11.3. The summed E-state index contributed by atoms with van der Waals surface area (Å²) in [5.74, 6) is -1.37. The molecule has 2 aromatic rings. The number of halogens is 1. The summed E-state index contributed by atoms with van der Waals surface area (Å²) < 4.78 is 7.99. The van der Waals surface area contributed by atoms with E-state index in [1.54, 1.807) is 33.9 Å². The Labute approximate surface area is 199 Å². The van der Waals surface area contributed by atoms with Crippen LogP contribution in [0.3, 0.4) is 0 Å². The zero-order chi connectivity index (χ0) is 24.3. The van der Waals surface area contributed by atoms with Crippen LogP contribution in [0.2, 0.25) is 5.02 Å². The first-order valence-electron chi connectivity index (χ1n) is 11.0. The number of benzene rings is 1. The molecule has 0 radical (unpaired) electrons. The molecule has 0 fully saturated rings. The number of aromatic nitrogens is 1. The topological polar surface area (TPSA) is 92.0 Å². The van der Waals surface area contributed by atoms with Crippen molar-refractivity contribution in [2.24, 2.45) is 11.3 Å². The predicted octanol–water partition coefficient (Wildman–Crippen LogP) is 4.54. The van der Waals surface area contributed by atoms with Gasteiger partial charge in [0, 0.05) is 59.9 Å². The summed E-state index contributed by atoms with van der Waals surface area (Å²) in [6.07, 6.45) is 2.46. The van der Waals surface area contributed by atoms with E-state index in [4.69, 9.17) is 16.3 Å². The van der Waals surface area contributed by atoms with E-state index in [0.29, 0.717) is 17.3 Å². The van der Waals surface area contributed by atoms with Gasteiger partial charge in [0.15, 0.2) is 0 Å². The van der Waals surface area contributed by atoms with Gasteiger partial charge in [0.05, 0.1) is 6.10 Å². The van der Waals surface area contributed by atoms with Crippen LogP contribution in [-0.2, 0) is 16.1 Å². The molecule has 1 amide bonds. The number of hydrogen-bond acceptors (Lipinski definition) is 4. The Morgan fingerprint density at radius 2 is 2.09 bits per heavy atom. The van der Waals surface area contributed by atoms with Crippen LogP contribution in [0.4, 0.5) is 5.69 Å². The average molecular weight is 475 g/mol.